The minimum atomic E-state index is -1.00. The number of hydrogen-bond donors (Lipinski definition) is 3. The molecule has 1 saturated heterocycles. The first-order chi connectivity index (χ1) is 13.7. The second-order valence-electron chi connectivity index (χ2n) is 8.03. The third kappa shape index (κ3) is 11.5. The molecule has 0 amide bonds. The number of allylic oxidation sites excluding steroid dienone is 2. The molecule has 1 heterocycles. The van der Waals surface area contributed by atoms with Crippen LogP contribution in [0.25, 0.3) is 0 Å². The van der Waals surface area contributed by atoms with Crippen LogP contribution in [0.3, 0.4) is 0 Å². The van der Waals surface area contributed by atoms with Gasteiger partial charge in [-0.25, -0.2) is 0 Å². The smallest absolute Gasteiger partial charge is 0.114 e. The minimum absolute atomic E-state index is 0.152. The molecular weight excluding hydrogens is 356 g/mol. The van der Waals surface area contributed by atoms with Gasteiger partial charge in [-0.15, -0.1) is 0 Å². The maximum absolute atomic E-state index is 9.88. The van der Waals surface area contributed by atoms with Gasteiger partial charge >= 0.3 is 0 Å². The molecule has 0 aromatic carbocycles. The van der Waals surface area contributed by atoms with Crippen molar-refractivity contribution < 1.29 is 24.8 Å². The monoisotopic (exact) mass is 400 g/mol. The summed E-state index contributed by atoms with van der Waals surface area (Å²) in [5.74, 6) is 0. The van der Waals surface area contributed by atoms with E-state index in [0.29, 0.717) is 6.61 Å². The second kappa shape index (κ2) is 17.4. The fourth-order valence-corrected chi connectivity index (χ4v) is 3.65. The zero-order valence-corrected chi connectivity index (χ0v) is 17.9. The topological polar surface area (TPSA) is 79.2 Å². The number of aliphatic hydroxyl groups is 3. The van der Waals surface area contributed by atoms with Gasteiger partial charge in [0.1, 0.15) is 24.4 Å². The Hall–Kier alpha value is -0.460. The molecule has 0 saturated carbocycles. The third-order valence-corrected chi connectivity index (χ3v) is 5.45. The Bertz CT molecular complexity index is 374. The van der Waals surface area contributed by atoms with Crippen LogP contribution in [0.1, 0.15) is 90.4 Å². The van der Waals surface area contributed by atoms with Gasteiger partial charge in [0.05, 0.1) is 13.2 Å². The maximum atomic E-state index is 9.88. The summed E-state index contributed by atoms with van der Waals surface area (Å²) in [6.45, 7) is 2.58. The zero-order chi connectivity index (χ0) is 20.5. The molecule has 1 rings (SSSR count). The summed E-state index contributed by atoms with van der Waals surface area (Å²) in [4.78, 5) is 0. The summed E-state index contributed by atoms with van der Waals surface area (Å²) in [6.07, 6.45) is 18.1. The number of unbranched alkanes of at least 4 members (excludes halogenated alkanes) is 11. The number of aliphatic hydroxyl groups excluding tert-OH is 3. The number of hydrogen-bond acceptors (Lipinski definition) is 5. The third-order valence-electron chi connectivity index (χ3n) is 5.45. The van der Waals surface area contributed by atoms with Gasteiger partial charge in [0.25, 0.3) is 0 Å². The fourth-order valence-electron chi connectivity index (χ4n) is 3.65. The van der Waals surface area contributed by atoms with Crippen molar-refractivity contribution in [3.8, 4) is 0 Å². The first-order valence-electron chi connectivity index (χ1n) is 11.6. The van der Waals surface area contributed by atoms with Crippen molar-refractivity contribution in [2.75, 3.05) is 19.8 Å². The molecule has 1 fully saturated rings. The van der Waals surface area contributed by atoms with Gasteiger partial charge in [0.15, 0.2) is 0 Å². The van der Waals surface area contributed by atoms with Crippen molar-refractivity contribution in [1.82, 2.24) is 0 Å². The largest absolute Gasteiger partial charge is 0.394 e. The fraction of sp³-hybridized carbons (Fsp3) is 0.913. The van der Waals surface area contributed by atoms with E-state index in [1.54, 1.807) is 0 Å². The van der Waals surface area contributed by atoms with E-state index < -0.39 is 24.4 Å². The van der Waals surface area contributed by atoms with Crippen molar-refractivity contribution in [3.05, 3.63) is 12.2 Å². The Labute approximate surface area is 172 Å². The lowest BCUT2D eigenvalue weighted by Crippen LogP contribution is -2.42. The molecule has 0 unspecified atom stereocenters. The Balaban J connectivity index is 1.89. The first-order valence-corrected chi connectivity index (χ1v) is 11.6. The SMILES string of the molecule is CCCCCCCC/C=C/CCCCCCCO[C@H]1[C@@H]([C@@H](O)CO)OC[C@H]1O. The lowest BCUT2D eigenvalue weighted by molar-refractivity contribution is -0.0938. The molecule has 0 spiro atoms. The van der Waals surface area contributed by atoms with Crippen molar-refractivity contribution in [1.29, 1.82) is 0 Å². The Kier molecular flexibility index (Phi) is 15.9. The normalized spacial score (nSPS) is 23.6. The molecule has 4 atom stereocenters. The summed E-state index contributed by atoms with van der Waals surface area (Å²) in [5.41, 5.74) is 0. The van der Waals surface area contributed by atoms with Crippen molar-refractivity contribution in [2.45, 2.75) is 115 Å². The highest BCUT2D eigenvalue weighted by atomic mass is 16.6. The molecule has 166 valence electrons. The van der Waals surface area contributed by atoms with Crippen LogP contribution < -0.4 is 0 Å². The average Bonchev–Trinajstić information content (AvgIpc) is 3.07. The van der Waals surface area contributed by atoms with E-state index in [2.05, 4.69) is 19.1 Å². The van der Waals surface area contributed by atoms with Crippen LogP contribution in [0.15, 0.2) is 12.2 Å². The summed E-state index contributed by atoms with van der Waals surface area (Å²) >= 11 is 0. The second-order valence-corrected chi connectivity index (χ2v) is 8.03. The van der Waals surface area contributed by atoms with Crippen LogP contribution in [0.4, 0.5) is 0 Å². The van der Waals surface area contributed by atoms with E-state index in [-0.39, 0.29) is 13.2 Å². The summed E-state index contributed by atoms with van der Waals surface area (Å²) in [6, 6.07) is 0. The molecule has 1 aliphatic rings. The van der Waals surface area contributed by atoms with E-state index in [1.165, 1.54) is 70.6 Å². The predicted molar refractivity (Wildman–Crippen MR) is 113 cm³/mol. The van der Waals surface area contributed by atoms with E-state index in [1.807, 2.05) is 0 Å². The Morgan fingerprint density at radius 1 is 0.929 bits per heavy atom. The molecule has 5 nitrogen and oxygen atoms in total. The van der Waals surface area contributed by atoms with E-state index in [4.69, 9.17) is 14.6 Å². The molecule has 5 heteroatoms. The molecule has 0 bridgehead atoms. The molecule has 28 heavy (non-hydrogen) atoms. The van der Waals surface area contributed by atoms with Crippen molar-refractivity contribution in [2.24, 2.45) is 0 Å². The Morgan fingerprint density at radius 3 is 2.11 bits per heavy atom. The van der Waals surface area contributed by atoms with Gasteiger partial charge in [-0.05, 0) is 32.1 Å². The number of ether oxygens (including phenoxy) is 2. The highest BCUT2D eigenvalue weighted by Crippen LogP contribution is 2.21. The first kappa shape index (κ1) is 25.6. The lowest BCUT2D eigenvalue weighted by Gasteiger charge is -2.23. The van der Waals surface area contributed by atoms with Gasteiger partial charge in [0, 0.05) is 6.61 Å². The van der Waals surface area contributed by atoms with Gasteiger partial charge in [-0.2, -0.15) is 0 Å². The van der Waals surface area contributed by atoms with E-state index in [0.717, 1.165) is 12.8 Å². The molecule has 0 radical (unpaired) electrons. The van der Waals surface area contributed by atoms with E-state index >= 15 is 0 Å². The number of rotatable bonds is 18. The van der Waals surface area contributed by atoms with Crippen LogP contribution in [0.5, 0.6) is 0 Å². The maximum Gasteiger partial charge on any atom is 0.114 e. The van der Waals surface area contributed by atoms with Crippen LogP contribution in [0.2, 0.25) is 0 Å². The zero-order valence-electron chi connectivity index (χ0n) is 17.9. The Morgan fingerprint density at radius 2 is 1.50 bits per heavy atom. The molecule has 3 N–H and O–H groups in total. The molecule has 0 aliphatic carbocycles. The van der Waals surface area contributed by atoms with Crippen molar-refractivity contribution in [3.63, 3.8) is 0 Å². The standard InChI is InChI=1S/C23H44O5/c1-2-3-4-5-6-7-8-9-10-11-12-13-14-15-16-17-27-23-21(26)19-28-22(23)20(25)18-24/h9-10,20-26H,2-8,11-19H2,1H3/b10-9+/t20-,21+,22+,23+/m0/s1. The molecule has 1 aliphatic heterocycles. The highest BCUT2D eigenvalue weighted by Gasteiger charge is 2.40. The van der Waals surface area contributed by atoms with Crippen LogP contribution in [0, 0.1) is 0 Å². The molecule has 0 aromatic heterocycles. The summed E-state index contributed by atoms with van der Waals surface area (Å²) < 4.78 is 11.0. The van der Waals surface area contributed by atoms with Gasteiger partial charge in [-0.3, -0.25) is 0 Å². The summed E-state index contributed by atoms with van der Waals surface area (Å²) in [5, 5.41) is 28.6. The van der Waals surface area contributed by atoms with Gasteiger partial charge in [0.2, 0.25) is 0 Å². The summed E-state index contributed by atoms with van der Waals surface area (Å²) in [7, 11) is 0. The lowest BCUT2D eigenvalue weighted by atomic mass is 10.1. The van der Waals surface area contributed by atoms with Gasteiger partial charge < -0.3 is 24.8 Å². The predicted octanol–water partition coefficient (Wildman–Crippen LogP) is 4.13. The van der Waals surface area contributed by atoms with Crippen molar-refractivity contribution >= 4 is 0 Å². The minimum Gasteiger partial charge on any atom is -0.394 e. The molecular formula is C23H44O5. The molecule has 0 aromatic rings. The quantitative estimate of drug-likeness (QED) is 0.238. The van der Waals surface area contributed by atoms with Crippen LogP contribution >= 0.6 is 0 Å². The van der Waals surface area contributed by atoms with Crippen LogP contribution in [-0.4, -0.2) is 59.6 Å². The average molecular weight is 401 g/mol. The van der Waals surface area contributed by atoms with Crippen LogP contribution in [-0.2, 0) is 9.47 Å². The highest BCUT2D eigenvalue weighted by molar-refractivity contribution is 4.89. The van der Waals surface area contributed by atoms with Gasteiger partial charge in [-0.1, -0.05) is 70.4 Å². The van der Waals surface area contributed by atoms with E-state index in [9.17, 15) is 10.2 Å².